The molecule has 1 heterocycles. The van der Waals surface area contributed by atoms with E-state index < -0.39 is 17.1 Å². The second kappa shape index (κ2) is 3.77. The van der Waals surface area contributed by atoms with Gasteiger partial charge in [-0.2, -0.15) is 22.0 Å². The molecule has 0 bridgehead atoms. The summed E-state index contributed by atoms with van der Waals surface area (Å²) in [5, 5.41) is -0.272. The fraction of sp³-hybridized carbons (Fsp3) is 0.250. The van der Waals surface area contributed by atoms with Crippen LogP contribution in [0.15, 0.2) is 5.38 Å². The molecule has 1 rings (SSSR count). The third-order valence-electron chi connectivity index (χ3n) is 1.38. The van der Waals surface area contributed by atoms with Crippen molar-refractivity contribution < 1.29 is 22.0 Å². The van der Waals surface area contributed by atoms with Gasteiger partial charge < -0.3 is 0 Å². The molecule has 0 saturated heterocycles. The van der Waals surface area contributed by atoms with Crippen molar-refractivity contribution in [2.24, 2.45) is 0 Å². The monoisotopic (exact) mass is 240 g/mol. The Morgan fingerprint density at radius 3 is 2.40 bits per heavy atom. The van der Waals surface area contributed by atoms with Crippen molar-refractivity contribution in [3.8, 4) is 12.3 Å². The van der Waals surface area contributed by atoms with Crippen LogP contribution in [0.3, 0.4) is 0 Å². The lowest BCUT2D eigenvalue weighted by atomic mass is 10.3. The zero-order chi connectivity index (χ0) is 11.7. The van der Waals surface area contributed by atoms with E-state index in [0.29, 0.717) is 0 Å². The first-order valence-electron chi connectivity index (χ1n) is 3.49. The summed E-state index contributed by atoms with van der Waals surface area (Å²) in [7, 11) is 0. The molecule has 1 aromatic rings. The summed E-state index contributed by atoms with van der Waals surface area (Å²) < 4.78 is 61.0. The maximum absolute atomic E-state index is 12.7. The van der Waals surface area contributed by atoms with E-state index in [0.717, 1.165) is 11.8 Å². The topological polar surface area (TPSA) is 12.9 Å². The highest BCUT2D eigenvalue weighted by Gasteiger charge is 2.60. The number of terminal acetylenes is 1. The van der Waals surface area contributed by atoms with Crippen LogP contribution in [0.2, 0.25) is 0 Å². The van der Waals surface area contributed by atoms with Gasteiger partial charge in [-0.3, -0.25) is 0 Å². The normalized spacial score (nSPS) is 12.5. The maximum Gasteiger partial charge on any atom is 0.460 e. The van der Waals surface area contributed by atoms with Gasteiger partial charge in [0.05, 0.1) is 12.1 Å². The summed E-state index contributed by atoms with van der Waals surface area (Å²) >= 11 is 0.215. The average Bonchev–Trinajstić information content (AvgIpc) is 2.51. The van der Waals surface area contributed by atoms with Crippen molar-refractivity contribution in [1.82, 2.24) is 4.98 Å². The SMILES string of the molecule is C#C[CH]c1csc(C(F)(F)C(F)(F)F)n1. The van der Waals surface area contributed by atoms with Crippen LogP contribution in [0.4, 0.5) is 22.0 Å². The van der Waals surface area contributed by atoms with Crippen LogP contribution in [0, 0.1) is 18.8 Å². The second-order valence-electron chi connectivity index (χ2n) is 2.46. The summed E-state index contributed by atoms with van der Waals surface area (Å²) in [5.74, 6) is -2.95. The number of thiazole rings is 1. The highest BCUT2D eigenvalue weighted by atomic mass is 32.1. The molecule has 0 aliphatic carbocycles. The molecule has 0 aliphatic rings. The summed E-state index contributed by atoms with van der Waals surface area (Å²) in [6.45, 7) is 0. The van der Waals surface area contributed by atoms with Gasteiger partial charge in [0.1, 0.15) is 0 Å². The van der Waals surface area contributed by atoms with Crippen molar-refractivity contribution in [2.45, 2.75) is 12.1 Å². The van der Waals surface area contributed by atoms with Crippen molar-refractivity contribution in [1.29, 1.82) is 0 Å². The van der Waals surface area contributed by atoms with Crippen molar-refractivity contribution >= 4 is 11.3 Å². The number of aromatic nitrogens is 1. The largest absolute Gasteiger partial charge is 0.460 e. The first-order valence-corrected chi connectivity index (χ1v) is 4.37. The first kappa shape index (κ1) is 11.9. The van der Waals surface area contributed by atoms with Gasteiger partial charge in [-0.15, -0.1) is 17.8 Å². The van der Waals surface area contributed by atoms with Crippen molar-refractivity contribution in [3.63, 3.8) is 0 Å². The third kappa shape index (κ3) is 2.26. The Bertz CT molecular complexity index is 386. The minimum Gasteiger partial charge on any atom is -0.238 e. The molecule has 0 spiro atoms. The van der Waals surface area contributed by atoms with Gasteiger partial charge in [0.2, 0.25) is 0 Å². The van der Waals surface area contributed by atoms with E-state index in [9.17, 15) is 22.0 Å². The van der Waals surface area contributed by atoms with E-state index in [1.807, 2.05) is 5.92 Å². The lowest BCUT2D eigenvalue weighted by Gasteiger charge is -2.16. The molecule has 7 heteroatoms. The van der Waals surface area contributed by atoms with Gasteiger partial charge in [0.25, 0.3) is 0 Å². The van der Waals surface area contributed by atoms with Crippen LogP contribution in [0.5, 0.6) is 0 Å². The molecule has 15 heavy (non-hydrogen) atoms. The van der Waals surface area contributed by atoms with Gasteiger partial charge in [-0.25, -0.2) is 4.98 Å². The number of nitrogens with zero attached hydrogens (tertiary/aromatic N) is 1. The average molecular weight is 240 g/mol. The summed E-state index contributed by atoms with van der Waals surface area (Å²) in [5.41, 5.74) is -0.0820. The zero-order valence-electron chi connectivity index (χ0n) is 6.98. The predicted octanol–water partition coefficient (Wildman–Crippen LogP) is 2.98. The molecule has 0 saturated carbocycles. The third-order valence-corrected chi connectivity index (χ3v) is 2.31. The fourth-order valence-electron chi connectivity index (χ4n) is 0.703. The molecule has 0 amide bonds. The van der Waals surface area contributed by atoms with Crippen LogP contribution in [-0.4, -0.2) is 11.2 Å². The van der Waals surface area contributed by atoms with Crippen LogP contribution >= 0.6 is 11.3 Å². The molecule has 81 valence electrons. The lowest BCUT2D eigenvalue weighted by molar-refractivity contribution is -0.289. The number of rotatable bonds is 2. The van der Waals surface area contributed by atoms with Gasteiger partial charge in [0.15, 0.2) is 5.01 Å². The Hall–Kier alpha value is -1.16. The molecule has 0 unspecified atom stereocenters. The highest BCUT2D eigenvalue weighted by molar-refractivity contribution is 7.09. The van der Waals surface area contributed by atoms with E-state index in [-0.39, 0.29) is 17.0 Å². The predicted molar refractivity (Wildman–Crippen MR) is 44.3 cm³/mol. The Morgan fingerprint density at radius 1 is 1.33 bits per heavy atom. The second-order valence-corrected chi connectivity index (χ2v) is 3.32. The number of hydrogen-bond acceptors (Lipinski definition) is 2. The lowest BCUT2D eigenvalue weighted by Crippen LogP contribution is -2.33. The molecule has 0 atom stereocenters. The van der Waals surface area contributed by atoms with E-state index >= 15 is 0 Å². The molecule has 0 fully saturated rings. The summed E-state index contributed by atoms with van der Waals surface area (Å²) in [4.78, 5) is 3.09. The molecule has 1 nitrogen and oxygen atoms in total. The molecule has 0 N–H and O–H groups in total. The van der Waals surface area contributed by atoms with E-state index in [1.54, 1.807) is 0 Å². The molecule has 1 aromatic heterocycles. The van der Waals surface area contributed by atoms with Crippen LogP contribution in [-0.2, 0) is 5.92 Å². The molecular weight excluding hydrogens is 237 g/mol. The summed E-state index contributed by atoms with van der Waals surface area (Å²) in [6.07, 6.45) is 0.180. The highest BCUT2D eigenvalue weighted by Crippen LogP contribution is 2.44. The minimum absolute atomic E-state index is 0.0820. The molecular formula is C8H3F5NS. The number of hydrogen-bond donors (Lipinski definition) is 0. The number of alkyl halides is 5. The van der Waals surface area contributed by atoms with Crippen molar-refractivity contribution in [2.75, 3.05) is 0 Å². The Kier molecular flexibility index (Phi) is 3.00. The fourth-order valence-corrected chi connectivity index (χ4v) is 1.48. The van der Waals surface area contributed by atoms with Crippen LogP contribution < -0.4 is 0 Å². The molecule has 1 radical (unpaired) electrons. The molecule has 0 aliphatic heterocycles. The quantitative estimate of drug-likeness (QED) is 0.572. The Labute approximate surface area is 85.9 Å². The smallest absolute Gasteiger partial charge is 0.238 e. The van der Waals surface area contributed by atoms with Gasteiger partial charge in [-0.05, 0) is 0 Å². The first-order chi connectivity index (χ1) is 6.79. The summed E-state index contributed by atoms with van der Waals surface area (Å²) in [6, 6.07) is 0. The van der Waals surface area contributed by atoms with E-state index in [1.165, 1.54) is 0 Å². The van der Waals surface area contributed by atoms with Gasteiger partial charge in [-0.1, -0.05) is 5.92 Å². The van der Waals surface area contributed by atoms with E-state index in [2.05, 4.69) is 4.98 Å². The minimum atomic E-state index is -5.64. The van der Waals surface area contributed by atoms with Gasteiger partial charge >= 0.3 is 12.1 Å². The van der Waals surface area contributed by atoms with Gasteiger partial charge in [0, 0.05) is 5.38 Å². The zero-order valence-corrected chi connectivity index (χ0v) is 7.79. The van der Waals surface area contributed by atoms with Crippen molar-refractivity contribution in [3.05, 3.63) is 22.5 Å². The van der Waals surface area contributed by atoms with Crippen LogP contribution in [0.25, 0.3) is 0 Å². The Balaban J connectivity index is 3.02. The maximum atomic E-state index is 12.7. The Morgan fingerprint density at radius 2 is 1.93 bits per heavy atom. The molecule has 0 aromatic carbocycles. The standard InChI is InChI=1S/C8H3F5NS/c1-2-3-5-4-15-6(14-5)7(9,10)8(11,12)13/h1,3-4H. The van der Waals surface area contributed by atoms with Crippen LogP contribution in [0.1, 0.15) is 10.7 Å². The van der Waals surface area contributed by atoms with E-state index in [4.69, 9.17) is 6.42 Å². The number of halogens is 5.